The zero-order valence-corrected chi connectivity index (χ0v) is 11.6. The number of fused-ring (bicyclic) bond motifs is 1. The van der Waals surface area contributed by atoms with Gasteiger partial charge in [0, 0.05) is 12.7 Å². The highest BCUT2D eigenvalue weighted by Gasteiger charge is 2.14. The van der Waals surface area contributed by atoms with E-state index in [-0.39, 0.29) is 5.78 Å². The van der Waals surface area contributed by atoms with Crippen LogP contribution in [-0.4, -0.2) is 25.5 Å². The van der Waals surface area contributed by atoms with Crippen molar-refractivity contribution in [2.75, 3.05) is 5.73 Å². The lowest BCUT2D eigenvalue weighted by molar-refractivity contribution is 0.101. The standard InChI is InChI=1S/C14H13N5O2/c1-8(20)10-5-9(15)3-4-12(10)21-14-11-6-18-19(2)13(11)16-7-17-14/h3-7H,15H2,1-2H3. The first kappa shape index (κ1) is 13.0. The van der Waals surface area contributed by atoms with Gasteiger partial charge >= 0.3 is 0 Å². The smallest absolute Gasteiger partial charge is 0.233 e. The predicted molar refractivity (Wildman–Crippen MR) is 77.2 cm³/mol. The van der Waals surface area contributed by atoms with Gasteiger partial charge in [-0.3, -0.25) is 9.48 Å². The number of carbonyl (C=O) groups excluding carboxylic acids is 1. The highest BCUT2D eigenvalue weighted by molar-refractivity contribution is 5.98. The number of carbonyl (C=O) groups is 1. The lowest BCUT2D eigenvalue weighted by atomic mass is 10.1. The van der Waals surface area contributed by atoms with Gasteiger partial charge in [-0.1, -0.05) is 0 Å². The summed E-state index contributed by atoms with van der Waals surface area (Å²) in [7, 11) is 1.78. The summed E-state index contributed by atoms with van der Waals surface area (Å²) in [6.07, 6.45) is 3.01. The number of nitrogen functional groups attached to an aromatic ring is 1. The maximum Gasteiger partial charge on any atom is 0.233 e. The number of anilines is 1. The Kier molecular flexibility index (Phi) is 3.02. The van der Waals surface area contributed by atoms with Gasteiger partial charge in [-0.2, -0.15) is 5.10 Å². The maximum absolute atomic E-state index is 11.7. The molecule has 106 valence electrons. The number of nitrogens with two attached hydrogens (primary N) is 1. The lowest BCUT2D eigenvalue weighted by Gasteiger charge is -2.09. The molecule has 0 aliphatic carbocycles. The van der Waals surface area contributed by atoms with Gasteiger partial charge < -0.3 is 10.5 Å². The number of nitrogens with zero attached hydrogens (tertiary/aromatic N) is 4. The second-order valence-electron chi connectivity index (χ2n) is 4.60. The van der Waals surface area contributed by atoms with Crippen LogP contribution >= 0.6 is 0 Å². The van der Waals surface area contributed by atoms with Gasteiger partial charge in [-0.15, -0.1) is 0 Å². The van der Waals surface area contributed by atoms with Crippen LogP contribution in [0.5, 0.6) is 11.6 Å². The third-order valence-corrected chi connectivity index (χ3v) is 3.08. The van der Waals surface area contributed by atoms with Gasteiger partial charge in [0.05, 0.1) is 11.8 Å². The zero-order chi connectivity index (χ0) is 15.0. The summed E-state index contributed by atoms with van der Waals surface area (Å²) in [5, 5.41) is 4.79. The number of Topliss-reactive ketones (excluding diaryl/α,β-unsaturated/α-hetero) is 1. The molecule has 0 spiro atoms. The molecule has 0 aliphatic rings. The van der Waals surface area contributed by atoms with Crippen LogP contribution < -0.4 is 10.5 Å². The summed E-state index contributed by atoms with van der Waals surface area (Å²) in [6.45, 7) is 1.46. The Morgan fingerprint density at radius 1 is 1.33 bits per heavy atom. The number of aryl methyl sites for hydroxylation is 1. The van der Waals surface area contributed by atoms with E-state index in [0.29, 0.717) is 33.9 Å². The van der Waals surface area contributed by atoms with Gasteiger partial charge in [-0.25, -0.2) is 9.97 Å². The van der Waals surface area contributed by atoms with Crippen molar-refractivity contribution in [3.63, 3.8) is 0 Å². The van der Waals surface area contributed by atoms with Crippen molar-refractivity contribution in [1.82, 2.24) is 19.7 Å². The van der Waals surface area contributed by atoms with Crippen LogP contribution in [0.2, 0.25) is 0 Å². The molecule has 0 amide bonds. The van der Waals surface area contributed by atoms with Crippen molar-refractivity contribution in [1.29, 1.82) is 0 Å². The minimum Gasteiger partial charge on any atom is -0.437 e. The zero-order valence-electron chi connectivity index (χ0n) is 11.6. The fourth-order valence-electron chi connectivity index (χ4n) is 2.04. The van der Waals surface area contributed by atoms with E-state index in [2.05, 4.69) is 15.1 Å². The molecule has 0 saturated carbocycles. The van der Waals surface area contributed by atoms with Crippen molar-refractivity contribution < 1.29 is 9.53 Å². The molecule has 2 heterocycles. The van der Waals surface area contributed by atoms with Crippen molar-refractivity contribution in [3.8, 4) is 11.6 Å². The average molecular weight is 283 g/mol. The molecule has 21 heavy (non-hydrogen) atoms. The topological polar surface area (TPSA) is 95.9 Å². The SMILES string of the molecule is CC(=O)c1cc(N)ccc1Oc1ncnc2c1cnn2C. The van der Waals surface area contributed by atoms with E-state index in [1.54, 1.807) is 36.1 Å². The minimum absolute atomic E-state index is 0.131. The minimum atomic E-state index is -0.131. The summed E-state index contributed by atoms with van der Waals surface area (Å²) >= 11 is 0. The summed E-state index contributed by atoms with van der Waals surface area (Å²) in [4.78, 5) is 19.9. The fraction of sp³-hybridized carbons (Fsp3) is 0.143. The summed E-state index contributed by atoms with van der Waals surface area (Å²) in [5.74, 6) is 0.620. The number of ketones is 1. The third-order valence-electron chi connectivity index (χ3n) is 3.08. The van der Waals surface area contributed by atoms with Crippen molar-refractivity contribution in [2.24, 2.45) is 7.05 Å². The Morgan fingerprint density at radius 2 is 2.14 bits per heavy atom. The van der Waals surface area contributed by atoms with Crippen LogP contribution in [0, 0.1) is 0 Å². The largest absolute Gasteiger partial charge is 0.437 e. The molecule has 1 aromatic carbocycles. The first-order chi connectivity index (χ1) is 10.1. The van der Waals surface area contributed by atoms with Crippen LogP contribution in [0.25, 0.3) is 11.0 Å². The number of rotatable bonds is 3. The molecule has 0 radical (unpaired) electrons. The molecule has 0 aliphatic heterocycles. The highest BCUT2D eigenvalue weighted by atomic mass is 16.5. The molecule has 7 nitrogen and oxygen atoms in total. The molecule has 0 fully saturated rings. The number of ether oxygens (including phenoxy) is 1. The first-order valence-corrected chi connectivity index (χ1v) is 6.27. The molecular weight excluding hydrogens is 270 g/mol. The Labute approximate surface area is 120 Å². The Hall–Kier alpha value is -2.96. The molecule has 0 saturated heterocycles. The van der Waals surface area contributed by atoms with Crippen LogP contribution in [0.3, 0.4) is 0 Å². The van der Waals surface area contributed by atoms with Crippen LogP contribution in [0.4, 0.5) is 5.69 Å². The van der Waals surface area contributed by atoms with Gasteiger partial charge in [0.2, 0.25) is 5.88 Å². The van der Waals surface area contributed by atoms with E-state index in [4.69, 9.17) is 10.5 Å². The second-order valence-corrected chi connectivity index (χ2v) is 4.60. The van der Waals surface area contributed by atoms with Crippen LogP contribution in [-0.2, 0) is 7.05 Å². The van der Waals surface area contributed by atoms with Crippen molar-refractivity contribution >= 4 is 22.5 Å². The number of hydrogen-bond donors (Lipinski definition) is 1. The van der Waals surface area contributed by atoms with Crippen LogP contribution in [0.1, 0.15) is 17.3 Å². The Bertz CT molecular complexity index is 840. The van der Waals surface area contributed by atoms with E-state index < -0.39 is 0 Å². The normalized spacial score (nSPS) is 10.8. The van der Waals surface area contributed by atoms with E-state index in [0.717, 1.165) is 0 Å². The van der Waals surface area contributed by atoms with Gasteiger partial charge in [0.15, 0.2) is 11.4 Å². The van der Waals surface area contributed by atoms with E-state index in [1.165, 1.54) is 13.3 Å². The molecule has 2 N–H and O–H groups in total. The first-order valence-electron chi connectivity index (χ1n) is 6.27. The Balaban J connectivity index is 2.09. The molecule has 0 bridgehead atoms. The van der Waals surface area contributed by atoms with Gasteiger partial charge in [0.25, 0.3) is 0 Å². The van der Waals surface area contributed by atoms with E-state index in [1.807, 2.05) is 0 Å². The number of benzene rings is 1. The number of aromatic nitrogens is 4. The average Bonchev–Trinajstić information content (AvgIpc) is 2.83. The fourth-order valence-corrected chi connectivity index (χ4v) is 2.04. The lowest BCUT2D eigenvalue weighted by Crippen LogP contribution is -2.00. The molecule has 2 aromatic heterocycles. The van der Waals surface area contributed by atoms with E-state index >= 15 is 0 Å². The molecule has 0 atom stereocenters. The maximum atomic E-state index is 11.7. The monoisotopic (exact) mass is 283 g/mol. The number of hydrogen-bond acceptors (Lipinski definition) is 6. The summed E-state index contributed by atoms with van der Waals surface area (Å²) in [5.41, 5.74) is 7.27. The summed E-state index contributed by atoms with van der Waals surface area (Å²) < 4.78 is 7.40. The summed E-state index contributed by atoms with van der Waals surface area (Å²) in [6, 6.07) is 4.90. The molecule has 3 rings (SSSR count). The molecular formula is C14H13N5O2. The van der Waals surface area contributed by atoms with Gasteiger partial charge in [0.1, 0.15) is 17.5 Å². The van der Waals surface area contributed by atoms with Crippen molar-refractivity contribution in [2.45, 2.75) is 6.92 Å². The van der Waals surface area contributed by atoms with E-state index in [9.17, 15) is 4.79 Å². The third kappa shape index (κ3) is 2.29. The quantitative estimate of drug-likeness (QED) is 0.583. The van der Waals surface area contributed by atoms with Gasteiger partial charge in [-0.05, 0) is 25.1 Å². The van der Waals surface area contributed by atoms with Crippen LogP contribution in [0.15, 0.2) is 30.7 Å². The Morgan fingerprint density at radius 3 is 2.90 bits per heavy atom. The highest BCUT2D eigenvalue weighted by Crippen LogP contribution is 2.30. The predicted octanol–water partition coefficient (Wildman–Crippen LogP) is 1.94. The van der Waals surface area contributed by atoms with Crippen molar-refractivity contribution in [3.05, 3.63) is 36.3 Å². The second kappa shape index (κ2) is 4.86. The molecule has 0 unspecified atom stereocenters. The molecule has 3 aromatic rings. The molecule has 7 heteroatoms.